The van der Waals surface area contributed by atoms with E-state index in [9.17, 15) is 4.79 Å². The molecule has 0 aliphatic rings. The number of carbonyl (C=O) groups is 1. The van der Waals surface area contributed by atoms with Gasteiger partial charge in [0.05, 0.1) is 11.1 Å². The number of nitrogens with zero attached hydrogens (tertiary/aromatic N) is 1. The van der Waals surface area contributed by atoms with Crippen LogP contribution in [0, 0.1) is 0 Å². The third-order valence-electron chi connectivity index (χ3n) is 4.11. The van der Waals surface area contributed by atoms with Crippen LogP contribution in [0.2, 0.25) is 0 Å². The summed E-state index contributed by atoms with van der Waals surface area (Å²) in [7, 11) is 0. The van der Waals surface area contributed by atoms with Crippen molar-refractivity contribution in [2.45, 2.75) is 26.2 Å². The number of anilines is 2. The van der Waals surface area contributed by atoms with Crippen LogP contribution in [-0.4, -0.2) is 17.4 Å². The Morgan fingerprint density at radius 2 is 1.76 bits per heavy atom. The van der Waals surface area contributed by atoms with Gasteiger partial charge in [-0.2, -0.15) is 0 Å². The van der Waals surface area contributed by atoms with E-state index < -0.39 is 0 Å². The summed E-state index contributed by atoms with van der Waals surface area (Å²) in [6.07, 6.45) is 3.46. The predicted octanol–water partition coefficient (Wildman–Crippen LogP) is 5.09. The van der Waals surface area contributed by atoms with E-state index in [2.05, 4.69) is 22.5 Å². The molecule has 0 atom stereocenters. The number of benzene rings is 2. The molecule has 0 saturated heterocycles. The maximum Gasteiger partial charge on any atom is 0.258 e. The molecule has 3 aromatic rings. The molecule has 128 valence electrons. The van der Waals surface area contributed by atoms with Gasteiger partial charge in [0.2, 0.25) is 0 Å². The van der Waals surface area contributed by atoms with Crippen molar-refractivity contribution in [3.05, 3.63) is 66.2 Å². The van der Waals surface area contributed by atoms with Crippen molar-refractivity contribution in [2.75, 3.05) is 17.2 Å². The molecule has 4 heteroatoms. The lowest BCUT2D eigenvalue weighted by Gasteiger charge is -2.12. The first-order valence-corrected chi connectivity index (χ1v) is 8.78. The van der Waals surface area contributed by atoms with Gasteiger partial charge >= 0.3 is 0 Å². The molecule has 2 N–H and O–H groups in total. The van der Waals surface area contributed by atoms with Gasteiger partial charge < -0.3 is 10.6 Å². The molecule has 2 aromatic carbocycles. The largest absolute Gasteiger partial charge is 0.384 e. The summed E-state index contributed by atoms with van der Waals surface area (Å²) < 4.78 is 0. The van der Waals surface area contributed by atoms with E-state index in [1.807, 2.05) is 60.7 Å². The fourth-order valence-corrected chi connectivity index (χ4v) is 2.75. The number of aromatic nitrogens is 1. The molecule has 0 saturated carbocycles. The van der Waals surface area contributed by atoms with E-state index in [-0.39, 0.29) is 5.91 Å². The lowest BCUT2D eigenvalue weighted by atomic mass is 10.1. The van der Waals surface area contributed by atoms with Gasteiger partial charge in [0.25, 0.3) is 5.91 Å². The number of nitrogens with one attached hydrogen (secondary N) is 2. The van der Waals surface area contributed by atoms with Crippen molar-refractivity contribution >= 4 is 28.3 Å². The van der Waals surface area contributed by atoms with E-state index in [0.717, 1.165) is 29.6 Å². The first-order valence-electron chi connectivity index (χ1n) is 8.78. The fourth-order valence-electron chi connectivity index (χ4n) is 2.75. The molecule has 1 heterocycles. The molecule has 0 radical (unpaired) electrons. The number of hydrogen-bond acceptors (Lipinski definition) is 3. The van der Waals surface area contributed by atoms with Gasteiger partial charge in [0.1, 0.15) is 5.82 Å². The number of unbranched alkanes of at least 4 members (excludes halogenated alkanes) is 2. The summed E-state index contributed by atoms with van der Waals surface area (Å²) >= 11 is 0. The van der Waals surface area contributed by atoms with Crippen LogP contribution < -0.4 is 10.6 Å². The van der Waals surface area contributed by atoms with E-state index >= 15 is 0 Å². The molecule has 0 spiro atoms. The maximum absolute atomic E-state index is 12.7. The molecule has 0 aliphatic carbocycles. The lowest BCUT2D eigenvalue weighted by molar-refractivity contribution is 0.102. The first kappa shape index (κ1) is 17.0. The Balaban J connectivity index is 1.73. The summed E-state index contributed by atoms with van der Waals surface area (Å²) in [5.41, 5.74) is 2.36. The fraction of sp³-hybridized carbons (Fsp3) is 0.238. The Morgan fingerprint density at radius 1 is 0.960 bits per heavy atom. The Morgan fingerprint density at radius 3 is 2.64 bits per heavy atom. The first-order chi connectivity index (χ1) is 12.3. The van der Waals surface area contributed by atoms with E-state index in [0.29, 0.717) is 11.4 Å². The van der Waals surface area contributed by atoms with Crippen molar-refractivity contribution in [1.82, 2.24) is 4.98 Å². The topological polar surface area (TPSA) is 54.0 Å². The summed E-state index contributed by atoms with van der Waals surface area (Å²) in [5, 5.41) is 7.32. The van der Waals surface area contributed by atoms with Crippen LogP contribution in [0.15, 0.2) is 60.7 Å². The van der Waals surface area contributed by atoms with Crippen LogP contribution in [-0.2, 0) is 0 Å². The average molecular weight is 333 g/mol. The van der Waals surface area contributed by atoms with Crippen molar-refractivity contribution in [1.29, 1.82) is 0 Å². The third kappa shape index (κ3) is 4.35. The SMILES string of the molecule is CCCCCNc1ccccc1C(=O)Nc1ccc2ccccc2n1. The van der Waals surface area contributed by atoms with E-state index in [1.165, 1.54) is 12.8 Å². The minimum atomic E-state index is -0.152. The summed E-state index contributed by atoms with van der Waals surface area (Å²) in [6.45, 7) is 3.05. The molecule has 1 aromatic heterocycles. The van der Waals surface area contributed by atoms with Crippen LogP contribution in [0.25, 0.3) is 10.9 Å². The quantitative estimate of drug-likeness (QED) is 0.592. The summed E-state index contributed by atoms with van der Waals surface area (Å²) in [5.74, 6) is 0.408. The zero-order chi connectivity index (χ0) is 17.5. The number of rotatable bonds is 7. The Hall–Kier alpha value is -2.88. The second kappa shape index (κ2) is 8.29. The van der Waals surface area contributed by atoms with Gasteiger partial charge in [-0.3, -0.25) is 4.79 Å². The van der Waals surface area contributed by atoms with Gasteiger partial charge in [-0.25, -0.2) is 4.98 Å². The second-order valence-corrected chi connectivity index (χ2v) is 6.02. The average Bonchev–Trinajstić information content (AvgIpc) is 2.65. The number of amides is 1. The van der Waals surface area contributed by atoms with Gasteiger partial charge in [0, 0.05) is 17.6 Å². The van der Waals surface area contributed by atoms with Crippen LogP contribution in [0.5, 0.6) is 0 Å². The van der Waals surface area contributed by atoms with Gasteiger partial charge in [-0.05, 0) is 36.8 Å². The van der Waals surface area contributed by atoms with Gasteiger partial charge in [-0.1, -0.05) is 50.1 Å². The maximum atomic E-state index is 12.7. The highest BCUT2D eigenvalue weighted by atomic mass is 16.1. The molecule has 3 rings (SSSR count). The standard InChI is InChI=1S/C21H23N3O/c1-2-3-8-15-22-19-12-7-5-10-17(19)21(25)24-20-14-13-16-9-4-6-11-18(16)23-20/h4-7,9-14,22H,2-3,8,15H2,1H3,(H,23,24,25). The van der Waals surface area contributed by atoms with Crippen LogP contribution in [0.4, 0.5) is 11.5 Å². The Labute approximate surface area is 148 Å². The zero-order valence-electron chi connectivity index (χ0n) is 14.5. The molecular formula is C21H23N3O. The predicted molar refractivity (Wildman–Crippen MR) is 104 cm³/mol. The summed E-state index contributed by atoms with van der Waals surface area (Å²) in [4.78, 5) is 17.2. The molecular weight excluding hydrogens is 310 g/mol. The van der Waals surface area contributed by atoms with Crippen molar-refractivity contribution < 1.29 is 4.79 Å². The zero-order valence-corrected chi connectivity index (χ0v) is 14.5. The third-order valence-corrected chi connectivity index (χ3v) is 4.11. The number of carbonyl (C=O) groups excluding carboxylic acids is 1. The van der Waals surface area contributed by atoms with Crippen molar-refractivity contribution in [3.8, 4) is 0 Å². The number of hydrogen-bond donors (Lipinski definition) is 2. The Bertz CT molecular complexity index is 860. The van der Waals surface area contributed by atoms with Crippen molar-refractivity contribution in [2.24, 2.45) is 0 Å². The van der Waals surface area contributed by atoms with Crippen LogP contribution in [0.3, 0.4) is 0 Å². The molecule has 25 heavy (non-hydrogen) atoms. The molecule has 0 bridgehead atoms. The minimum absolute atomic E-state index is 0.152. The highest BCUT2D eigenvalue weighted by Gasteiger charge is 2.11. The molecule has 0 aliphatic heterocycles. The summed E-state index contributed by atoms with van der Waals surface area (Å²) in [6, 6.07) is 19.2. The molecule has 1 amide bonds. The molecule has 4 nitrogen and oxygen atoms in total. The Kier molecular flexibility index (Phi) is 5.62. The molecule has 0 fully saturated rings. The molecule has 0 unspecified atom stereocenters. The number of pyridine rings is 1. The monoisotopic (exact) mass is 333 g/mol. The highest BCUT2D eigenvalue weighted by molar-refractivity contribution is 6.07. The van der Waals surface area contributed by atoms with Gasteiger partial charge in [-0.15, -0.1) is 0 Å². The van der Waals surface area contributed by atoms with E-state index in [4.69, 9.17) is 0 Å². The smallest absolute Gasteiger partial charge is 0.258 e. The second-order valence-electron chi connectivity index (χ2n) is 6.02. The van der Waals surface area contributed by atoms with Gasteiger partial charge in [0.15, 0.2) is 0 Å². The lowest BCUT2D eigenvalue weighted by Crippen LogP contribution is -2.16. The normalized spacial score (nSPS) is 10.6. The number of fused-ring (bicyclic) bond motifs is 1. The van der Waals surface area contributed by atoms with Crippen LogP contribution >= 0.6 is 0 Å². The van der Waals surface area contributed by atoms with E-state index in [1.54, 1.807) is 0 Å². The van der Waals surface area contributed by atoms with Crippen molar-refractivity contribution in [3.63, 3.8) is 0 Å². The minimum Gasteiger partial charge on any atom is -0.384 e. The van der Waals surface area contributed by atoms with Crippen LogP contribution in [0.1, 0.15) is 36.5 Å². The highest BCUT2D eigenvalue weighted by Crippen LogP contribution is 2.19. The number of para-hydroxylation sites is 2.